The fourth-order valence-corrected chi connectivity index (χ4v) is 6.43. The van der Waals surface area contributed by atoms with Crippen molar-refractivity contribution in [1.29, 1.82) is 0 Å². The van der Waals surface area contributed by atoms with Crippen LogP contribution in [0.2, 0.25) is 0 Å². The Morgan fingerprint density at radius 3 is 1.67 bits per heavy atom. The molecule has 42 heavy (non-hydrogen) atoms. The molecule has 0 saturated carbocycles. The van der Waals surface area contributed by atoms with Gasteiger partial charge in [0.2, 0.25) is 0 Å². The third kappa shape index (κ3) is 4.55. The third-order valence-electron chi connectivity index (χ3n) is 8.51. The Kier molecular flexibility index (Phi) is 6.29. The first-order valence-corrected chi connectivity index (χ1v) is 14.6. The molecule has 8 bridgehead atoms. The number of fused-ring (bicyclic) bond motifs is 12. The van der Waals surface area contributed by atoms with Crippen LogP contribution in [-0.4, -0.2) is 0 Å². The van der Waals surface area contributed by atoms with E-state index in [0.717, 1.165) is 5.56 Å². The Balaban J connectivity index is 1.42. The largest absolute Gasteiger partial charge is 0.372 e. The van der Waals surface area contributed by atoms with Crippen LogP contribution >= 0.6 is 0 Å². The fraction of sp³-hybridized carbons (Fsp3) is 0.100. The smallest absolute Gasteiger partial charge is 0.0727 e. The van der Waals surface area contributed by atoms with Gasteiger partial charge in [-0.15, -0.1) is 0 Å². The van der Waals surface area contributed by atoms with E-state index in [2.05, 4.69) is 133 Å². The molecule has 2 heteroatoms. The van der Waals surface area contributed by atoms with Gasteiger partial charge in [-0.2, -0.15) is 0 Å². The molecule has 2 aliphatic rings. The highest BCUT2D eigenvalue weighted by Crippen LogP contribution is 2.42. The summed E-state index contributed by atoms with van der Waals surface area (Å²) in [6.45, 7) is 2.20. The molecule has 0 aromatic heterocycles. The van der Waals surface area contributed by atoms with Gasteiger partial charge in [-0.1, -0.05) is 109 Å². The Labute approximate surface area is 246 Å². The van der Waals surface area contributed by atoms with Gasteiger partial charge in [0.15, 0.2) is 0 Å². The maximum absolute atomic E-state index is 6.38. The van der Waals surface area contributed by atoms with Crippen LogP contribution in [0.15, 0.2) is 133 Å². The van der Waals surface area contributed by atoms with Crippen LogP contribution in [0.4, 0.5) is 0 Å². The van der Waals surface area contributed by atoms with E-state index in [0.29, 0.717) is 26.4 Å². The van der Waals surface area contributed by atoms with E-state index in [1.54, 1.807) is 0 Å². The van der Waals surface area contributed by atoms with Crippen molar-refractivity contribution in [3.05, 3.63) is 156 Å². The van der Waals surface area contributed by atoms with Crippen LogP contribution in [0.1, 0.15) is 22.3 Å². The van der Waals surface area contributed by atoms with Crippen molar-refractivity contribution in [2.75, 3.05) is 0 Å². The van der Waals surface area contributed by atoms with Gasteiger partial charge in [0.25, 0.3) is 0 Å². The Hall–Kier alpha value is -4.76. The summed E-state index contributed by atoms with van der Waals surface area (Å²) in [6, 6.07) is 48.6. The monoisotopic (exact) mass is 542 g/mol. The minimum absolute atomic E-state index is 0.531. The van der Waals surface area contributed by atoms with Gasteiger partial charge in [0, 0.05) is 0 Å². The average Bonchev–Trinajstić information content (AvgIpc) is 3.05. The summed E-state index contributed by atoms with van der Waals surface area (Å²) in [4.78, 5) is 0. The minimum atomic E-state index is 0.531. The number of rotatable bonds is 0. The van der Waals surface area contributed by atoms with E-state index in [-0.39, 0.29) is 0 Å². The second-order valence-electron chi connectivity index (χ2n) is 11.2. The lowest BCUT2D eigenvalue weighted by molar-refractivity contribution is 0.105. The molecule has 2 aliphatic heterocycles. The van der Waals surface area contributed by atoms with Crippen LogP contribution in [0.3, 0.4) is 0 Å². The van der Waals surface area contributed by atoms with Crippen molar-refractivity contribution < 1.29 is 9.47 Å². The third-order valence-corrected chi connectivity index (χ3v) is 8.51. The average molecular weight is 543 g/mol. The highest BCUT2D eigenvalue weighted by molar-refractivity contribution is 5.92. The number of hydrogen-bond acceptors (Lipinski definition) is 2. The quantitative estimate of drug-likeness (QED) is 0.190. The van der Waals surface area contributed by atoms with Crippen molar-refractivity contribution in [3.8, 4) is 55.6 Å². The van der Waals surface area contributed by atoms with Gasteiger partial charge in [0.1, 0.15) is 0 Å². The molecule has 202 valence electrons. The first-order valence-electron chi connectivity index (χ1n) is 14.6. The molecule has 8 rings (SSSR count). The summed E-state index contributed by atoms with van der Waals surface area (Å²) in [6.07, 6.45) is 0. The lowest BCUT2D eigenvalue weighted by Crippen LogP contribution is -2.00. The zero-order chi connectivity index (χ0) is 27.9. The van der Waals surface area contributed by atoms with Crippen molar-refractivity contribution in [3.63, 3.8) is 0 Å². The highest BCUT2D eigenvalue weighted by atomic mass is 16.5. The SMILES string of the molecule is c1cc2cc(c1)-c1ccccc1-c1ccc3c(c1)-c1cc(ccc1COC2)COCc1ccccc1-c1cccc-3c1. The first kappa shape index (κ1) is 25.0. The molecular formula is C40H30O2. The van der Waals surface area contributed by atoms with E-state index in [4.69, 9.17) is 9.47 Å². The van der Waals surface area contributed by atoms with Crippen molar-refractivity contribution in [1.82, 2.24) is 0 Å². The van der Waals surface area contributed by atoms with Crippen LogP contribution in [0.5, 0.6) is 0 Å². The molecule has 0 aliphatic carbocycles. The molecule has 2 nitrogen and oxygen atoms in total. The van der Waals surface area contributed by atoms with Crippen molar-refractivity contribution in [2.24, 2.45) is 0 Å². The summed E-state index contributed by atoms with van der Waals surface area (Å²) >= 11 is 0. The van der Waals surface area contributed by atoms with Crippen LogP contribution < -0.4 is 0 Å². The molecular weight excluding hydrogens is 512 g/mol. The molecule has 0 unspecified atom stereocenters. The molecule has 0 saturated heterocycles. The number of hydrogen-bond donors (Lipinski definition) is 0. The van der Waals surface area contributed by atoms with Crippen LogP contribution in [0.25, 0.3) is 55.6 Å². The fourth-order valence-electron chi connectivity index (χ4n) is 6.43. The normalized spacial score (nSPS) is 13.6. The second kappa shape index (κ2) is 10.6. The minimum Gasteiger partial charge on any atom is -0.372 e. The summed E-state index contributed by atoms with van der Waals surface area (Å²) in [5.41, 5.74) is 16.8. The van der Waals surface area contributed by atoms with E-state index in [9.17, 15) is 0 Å². The molecule has 0 fully saturated rings. The zero-order valence-electron chi connectivity index (χ0n) is 23.3. The van der Waals surface area contributed by atoms with Crippen molar-refractivity contribution >= 4 is 0 Å². The van der Waals surface area contributed by atoms with Gasteiger partial charge in [-0.05, 0) is 102 Å². The van der Waals surface area contributed by atoms with E-state index >= 15 is 0 Å². The van der Waals surface area contributed by atoms with E-state index < -0.39 is 0 Å². The highest BCUT2D eigenvalue weighted by Gasteiger charge is 2.18. The van der Waals surface area contributed by atoms with E-state index in [1.807, 2.05) is 0 Å². The Morgan fingerprint density at radius 1 is 0.310 bits per heavy atom. The summed E-state index contributed by atoms with van der Waals surface area (Å²) < 4.78 is 12.7. The summed E-state index contributed by atoms with van der Waals surface area (Å²) in [5, 5.41) is 0. The number of benzene rings is 6. The van der Waals surface area contributed by atoms with Gasteiger partial charge >= 0.3 is 0 Å². The van der Waals surface area contributed by atoms with Crippen LogP contribution in [0, 0.1) is 0 Å². The summed E-state index contributed by atoms with van der Waals surface area (Å²) in [5.74, 6) is 0. The predicted molar refractivity (Wildman–Crippen MR) is 171 cm³/mol. The van der Waals surface area contributed by atoms with E-state index in [1.165, 1.54) is 72.3 Å². The molecule has 6 aromatic carbocycles. The molecule has 6 aromatic rings. The summed E-state index contributed by atoms with van der Waals surface area (Å²) in [7, 11) is 0. The zero-order valence-corrected chi connectivity index (χ0v) is 23.3. The van der Waals surface area contributed by atoms with Gasteiger partial charge in [0.05, 0.1) is 26.4 Å². The Bertz CT molecular complexity index is 1950. The molecule has 0 radical (unpaired) electrons. The lowest BCUT2D eigenvalue weighted by atomic mass is 9.86. The standard InChI is InChI=1S/C40H30O2/c1-2-12-35-30-10-6-11-31(21-30)38-18-17-32-22-40(38)39-20-28(24-42-25-33(35)8-1)15-16-34(39)26-41-23-27-7-5-9-29(19-27)36-13-3-4-14-37(32)36/h1-22H,23-26H2. The lowest BCUT2D eigenvalue weighted by Gasteiger charge is -2.18. The first-order chi connectivity index (χ1) is 20.8. The topological polar surface area (TPSA) is 18.5 Å². The molecule has 2 heterocycles. The Morgan fingerprint density at radius 2 is 0.881 bits per heavy atom. The van der Waals surface area contributed by atoms with Gasteiger partial charge in [-0.25, -0.2) is 0 Å². The predicted octanol–water partition coefficient (Wildman–Crippen LogP) is 10.1. The molecule has 0 spiro atoms. The van der Waals surface area contributed by atoms with Gasteiger partial charge in [-0.3, -0.25) is 0 Å². The van der Waals surface area contributed by atoms with Gasteiger partial charge < -0.3 is 9.47 Å². The molecule has 0 atom stereocenters. The maximum atomic E-state index is 6.38. The van der Waals surface area contributed by atoms with Crippen molar-refractivity contribution in [2.45, 2.75) is 26.4 Å². The molecule has 0 N–H and O–H groups in total. The number of ether oxygens (including phenoxy) is 2. The second-order valence-corrected chi connectivity index (χ2v) is 11.2. The van der Waals surface area contributed by atoms with Crippen LogP contribution in [-0.2, 0) is 35.9 Å². The molecule has 0 amide bonds. The maximum Gasteiger partial charge on any atom is 0.0727 e.